The summed E-state index contributed by atoms with van der Waals surface area (Å²) in [5, 5.41) is 3.67. The van der Waals surface area contributed by atoms with Crippen LogP contribution in [0.3, 0.4) is 0 Å². The first-order valence-electron chi connectivity index (χ1n) is 8.59. The Hall–Kier alpha value is -2.04. The molecule has 3 aromatic rings. The molecule has 0 aliphatic rings. The van der Waals surface area contributed by atoms with Crippen molar-refractivity contribution in [2.75, 3.05) is 5.75 Å². The highest BCUT2D eigenvalue weighted by molar-refractivity contribution is 7.99. The lowest BCUT2D eigenvalue weighted by atomic mass is 10.2. The number of nitrogens with zero attached hydrogens (tertiary/aromatic N) is 1. The maximum Gasteiger partial charge on any atom is 0.270 e. The van der Waals surface area contributed by atoms with Gasteiger partial charge in [-0.15, -0.1) is 0 Å². The fourth-order valence-corrected chi connectivity index (χ4v) is 5.18. The summed E-state index contributed by atoms with van der Waals surface area (Å²) >= 11 is 18.5. The highest BCUT2D eigenvalue weighted by atomic mass is 35.5. The summed E-state index contributed by atoms with van der Waals surface area (Å²) in [5.41, 5.74) is 0.0140. The van der Waals surface area contributed by atoms with Crippen LogP contribution < -0.4 is 10.9 Å². The van der Waals surface area contributed by atoms with E-state index >= 15 is 0 Å². The highest BCUT2D eigenvalue weighted by Crippen LogP contribution is 2.26. The third kappa shape index (κ3) is 6.24. The number of hydrogen-bond acceptors (Lipinski definition) is 6. The van der Waals surface area contributed by atoms with Crippen LogP contribution in [0.1, 0.15) is 5.56 Å². The number of benzene rings is 2. The van der Waals surface area contributed by atoms with Gasteiger partial charge >= 0.3 is 0 Å². The van der Waals surface area contributed by atoms with E-state index in [1.54, 1.807) is 24.3 Å². The van der Waals surface area contributed by atoms with E-state index in [1.165, 1.54) is 18.2 Å². The zero-order valence-electron chi connectivity index (χ0n) is 15.6. The quantitative estimate of drug-likeness (QED) is 0.362. The zero-order valence-corrected chi connectivity index (χ0v) is 19.5. The summed E-state index contributed by atoms with van der Waals surface area (Å²) < 4.78 is 25.4. The van der Waals surface area contributed by atoms with Crippen molar-refractivity contribution in [3.63, 3.8) is 0 Å². The average Bonchev–Trinajstić information content (AvgIpc) is 2.71. The van der Waals surface area contributed by atoms with Crippen LogP contribution in [0.4, 0.5) is 0 Å². The van der Waals surface area contributed by atoms with Gasteiger partial charge in [-0.2, -0.15) is 0 Å². The number of hydrogen-bond donors (Lipinski definition) is 2. The van der Waals surface area contributed by atoms with Crippen molar-refractivity contribution >= 4 is 62.3 Å². The normalized spacial score (nSPS) is 11.3. The zero-order chi connectivity index (χ0) is 22.6. The Bertz CT molecular complexity index is 1260. The molecule has 12 heteroatoms. The monoisotopic (exact) mass is 517 g/mol. The minimum Gasteiger partial charge on any atom is -0.351 e. The molecule has 0 unspecified atom stereocenters. The third-order valence-corrected chi connectivity index (χ3v) is 7.22. The average molecular weight is 519 g/mol. The lowest BCUT2D eigenvalue weighted by Gasteiger charge is -2.07. The number of amides is 1. The summed E-state index contributed by atoms with van der Waals surface area (Å²) in [6.07, 6.45) is 0.941. The van der Waals surface area contributed by atoms with Crippen molar-refractivity contribution in [2.24, 2.45) is 0 Å². The van der Waals surface area contributed by atoms with Crippen LogP contribution >= 0.6 is 46.6 Å². The van der Waals surface area contributed by atoms with Crippen LogP contribution in [0.15, 0.2) is 68.4 Å². The summed E-state index contributed by atoms with van der Waals surface area (Å²) in [6.45, 7) is 0.319. The molecule has 0 bridgehead atoms. The molecule has 0 aliphatic carbocycles. The van der Waals surface area contributed by atoms with E-state index in [0.717, 1.165) is 23.5 Å². The molecule has 1 aromatic heterocycles. The first-order chi connectivity index (χ1) is 14.6. The molecular formula is C19H14Cl3N3O4S2. The highest BCUT2D eigenvalue weighted by Gasteiger charge is 2.23. The minimum absolute atomic E-state index is 0.0213. The van der Waals surface area contributed by atoms with E-state index in [-0.39, 0.29) is 31.8 Å². The summed E-state index contributed by atoms with van der Waals surface area (Å²) in [7, 11) is -4.18. The van der Waals surface area contributed by atoms with Gasteiger partial charge in [-0.3, -0.25) is 9.59 Å². The van der Waals surface area contributed by atoms with Gasteiger partial charge in [-0.25, -0.2) is 13.4 Å². The maximum absolute atomic E-state index is 12.7. The number of H-pyrrole nitrogens is 1. The Morgan fingerprint density at radius 2 is 1.68 bits per heavy atom. The van der Waals surface area contributed by atoms with Crippen molar-refractivity contribution < 1.29 is 13.2 Å². The predicted octanol–water partition coefficient (Wildman–Crippen LogP) is 3.97. The van der Waals surface area contributed by atoms with Crippen LogP contribution in [-0.2, 0) is 21.2 Å². The Morgan fingerprint density at radius 3 is 2.29 bits per heavy atom. The van der Waals surface area contributed by atoms with E-state index < -0.39 is 20.3 Å². The topological polar surface area (TPSA) is 109 Å². The molecule has 1 amide bonds. The molecule has 2 aromatic carbocycles. The van der Waals surface area contributed by atoms with Gasteiger partial charge in [0.2, 0.25) is 15.7 Å². The summed E-state index contributed by atoms with van der Waals surface area (Å²) in [4.78, 5) is 29.9. The van der Waals surface area contributed by atoms with Crippen molar-refractivity contribution in [2.45, 2.75) is 21.5 Å². The summed E-state index contributed by atoms with van der Waals surface area (Å²) in [6, 6.07) is 10.8. The van der Waals surface area contributed by atoms with E-state index in [1.807, 2.05) is 0 Å². The molecule has 0 spiro atoms. The molecule has 162 valence electrons. The van der Waals surface area contributed by atoms with Gasteiger partial charge < -0.3 is 10.3 Å². The van der Waals surface area contributed by atoms with Gasteiger partial charge in [-0.05, 0) is 35.9 Å². The minimum atomic E-state index is -4.18. The fourth-order valence-electron chi connectivity index (χ4n) is 2.43. The lowest BCUT2D eigenvalue weighted by Crippen LogP contribution is -2.25. The van der Waals surface area contributed by atoms with Gasteiger partial charge in [0, 0.05) is 21.6 Å². The Labute approximate surface area is 197 Å². The van der Waals surface area contributed by atoms with Crippen molar-refractivity contribution in [1.29, 1.82) is 0 Å². The second kappa shape index (κ2) is 10.1. The second-order valence-electron chi connectivity index (χ2n) is 6.18. The smallest absolute Gasteiger partial charge is 0.270 e. The molecule has 0 saturated carbocycles. The molecule has 2 N–H and O–H groups in total. The largest absolute Gasteiger partial charge is 0.351 e. The van der Waals surface area contributed by atoms with Crippen LogP contribution in [0.2, 0.25) is 15.1 Å². The van der Waals surface area contributed by atoms with E-state index in [9.17, 15) is 18.0 Å². The number of carbonyl (C=O) groups is 1. The van der Waals surface area contributed by atoms with E-state index in [4.69, 9.17) is 34.8 Å². The molecule has 3 rings (SSSR count). The molecule has 0 saturated heterocycles. The number of nitrogens with one attached hydrogen (secondary N) is 2. The SMILES string of the molecule is O=C(CSc1ncc(S(=O)(=O)c2cc(Cl)cc(Cl)c2)c(=O)[nH]1)NCc1ccc(Cl)cc1. The number of aromatic amines is 1. The maximum atomic E-state index is 12.7. The van der Waals surface area contributed by atoms with Gasteiger partial charge in [0.15, 0.2) is 10.1 Å². The van der Waals surface area contributed by atoms with E-state index in [2.05, 4.69) is 15.3 Å². The number of rotatable bonds is 7. The molecule has 0 atom stereocenters. The van der Waals surface area contributed by atoms with Crippen molar-refractivity contribution in [3.05, 3.63) is 79.6 Å². The fraction of sp³-hybridized carbons (Fsp3) is 0.105. The van der Waals surface area contributed by atoms with Crippen LogP contribution in [-0.4, -0.2) is 30.0 Å². The van der Waals surface area contributed by atoms with Gasteiger partial charge in [-0.1, -0.05) is 58.7 Å². The van der Waals surface area contributed by atoms with Gasteiger partial charge in [0.05, 0.1) is 16.8 Å². The molecule has 0 aliphatic heterocycles. The standard InChI is InChI=1S/C19H14Cl3N3O4S2/c20-12-3-1-11(2-4-12)8-23-17(26)10-30-19-24-9-16(18(27)25-19)31(28,29)15-6-13(21)5-14(22)7-15/h1-7,9H,8,10H2,(H,23,26)(H,24,25,27). The first-order valence-corrected chi connectivity index (χ1v) is 12.2. The van der Waals surface area contributed by atoms with Crippen LogP contribution in [0.5, 0.6) is 0 Å². The van der Waals surface area contributed by atoms with Crippen molar-refractivity contribution in [1.82, 2.24) is 15.3 Å². The number of halogens is 3. The number of thioether (sulfide) groups is 1. The first kappa shape index (κ1) is 23.6. The predicted molar refractivity (Wildman–Crippen MR) is 121 cm³/mol. The Balaban J connectivity index is 1.65. The molecule has 0 fully saturated rings. The molecule has 0 radical (unpaired) electrons. The molecular weight excluding hydrogens is 505 g/mol. The molecule has 31 heavy (non-hydrogen) atoms. The van der Waals surface area contributed by atoms with Crippen molar-refractivity contribution in [3.8, 4) is 0 Å². The van der Waals surface area contributed by atoms with Crippen LogP contribution in [0.25, 0.3) is 0 Å². The number of sulfone groups is 1. The second-order valence-corrected chi connectivity index (χ2v) is 10.4. The van der Waals surface area contributed by atoms with Crippen LogP contribution in [0, 0.1) is 0 Å². The molecule has 1 heterocycles. The third-order valence-electron chi connectivity index (χ3n) is 3.92. The van der Waals surface area contributed by atoms with Gasteiger partial charge in [0.25, 0.3) is 5.56 Å². The number of aromatic nitrogens is 2. The Morgan fingerprint density at radius 1 is 1.03 bits per heavy atom. The molecule has 7 nitrogen and oxygen atoms in total. The summed E-state index contributed by atoms with van der Waals surface area (Å²) in [5.74, 6) is -0.306. The number of carbonyl (C=O) groups excluding carboxylic acids is 1. The lowest BCUT2D eigenvalue weighted by molar-refractivity contribution is -0.118. The van der Waals surface area contributed by atoms with E-state index in [0.29, 0.717) is 11.6 Å². The van der Waals surface area contributed by atoms with Gasteiger partial charge in [0.1, 0.15) is 0 Å². The Kier molecular flexibility index (Phi) is 7.66.